The number of hydrogen-bond acceptors (Lipinski definition) is 3. The first-order valence-corrected chi connectivity index (χ1v) is 7.01. The Labute approximate surface area is 130 Å². The Balaban J connectivity index is 2.73. The first-order valence-electron chi connectivity index (χ1n) is 6.25. The Bertz CT molecular complexity index is 756. The zero-order chi connectivity index (χ0) is 15.6. The first-order chi connectivity index (χ1) is 9.95. The SMILES string of the molecule is CCCc1c(C(=O)O)c(=O)cnn1-c1ccc(Cl)c(Cl)c1. The number of nitrogens with zero attached hydrogens (tertiary/aromatic N) is 2. The van der Waals surface area contributed by atoms with Crippen LogP contribution >= 0.6 is 23.2 Å². The van der Waals surface area contributed by atoms with Gasteiger partial charge in [0, 0.05) is 0 Å². The van der Waals surface area contributed by atoms with Gasteiger partial charge >= 0.3 is 5.97 Å². The lowest BCUT2D eigenvalue weighted by Crippen LogP contribution is -2.24. The number of benzene rings is 1. The van der Waals surface area contributed by atoms with Gasteiger partial charge in [-0.1, -0.05) is 36.5 Å². The monoisotopic (exact) mass is 326 g/mol. The maximum Gasteiger partial charge on any atom is 0.341 e. The second kappa shape index (κ2) is 6.28. The van der Waals surface area contributed by atoms with E-state index in [-0.39, 0.29) is 5.56 Å². The Kier molecular flexibility index (Phi) is 4.65. The van der Waals surface area contributed by atoms with Gasteiger partial charge < -0.3 is 5.11 Å². The largest absolute Gasteiger partial charge is 0.477 e. The van der Waals surface area contributed by atoms with Crippen LogP contribution in [0.1, 0.15) is 29.4 Å². The van der Waals surface area contributed by atoms with Gasteiger partial charge in [0.1, 0.15) is 5.56 Å². The van der Waals surface area contributed by atoms with E-state index < -0.39 is 11.4 Å². The van der Waals surface area contributed by atoms with Crippen LogP contribution in [0, 0.1) is 0 Å². The highest BCUT2D eigenvalue weighted by Gasteiger charge is 2.19. The summed E-state index contributed by atoms with van der Waals surface area (Å²) in [6, 6.07) is 4.83. The summed E-state index contributed by atoms with van der Waals surface area (Å²) in [6.45, 7) is 1.89. The number of carbonyl (C=O) groups is 1. The van der Waals surface area contributed by atoms with Crippen LogP contribution in [0.2, 0.25) is 10.0 Å². The lowest BCUT2D eigenvalue weighted by molar-refractivity contribution is 0.0693. The smallest absolute Gasteiger partial charge is 0.341 e. The van der Waals surface area contributed by atoms with Gasteiger partial charge in [0.2, 0.25) is 5.43 Å². The molecule has 21 heavy (non-hydrogen) atoms. The van der Waals surface area contributed by atoms with E-state index in [4.69, 9.17) is 23.2 Å². The minimum absolute atomic E-state index is 0.266. The minimum Gasteiger partial charge on any atom is -0.477 e. The van der Waals surface area contributed by atoms with Crippen molar-refractivity contribution >= 4 is 29.2 Å². The van der Waals surface area contributed by atoms with E-state index >= 15 is 0 Å². The van der Waals surface area contributed by atoms with E-state index in [0.29, 0.717) is 34.3 Å². The summed E-state index contributed by atoms with van der Waals surface area (Å²) >= 11 is 11.8. The molecular weight excluding hydrogens is 315 g/mol. The summed E-state index contributed by atoms with van der Waals surface area (Å²) in [6.07, 6.45) is 2.07. The average molecular weight is 327 g/mol. The summed E-state index contributed by atoms with van der Waals surface area (Å²) in [4.78, 5) is 23.1. The molecule has 110 valence electrons. The van der Waals surface area contributed by atoms with Gasteiger partial charge in [0.25, 0.3) is 0 Å². The van der Waals surface area contributed by atoms with Gasteiger partial charge in [0.05, 0.1) is 27.6 Å². The van der Waals surface area contributed by atoms with E-state index in [1.54, 1.807) is 18.2 Å². The van der Waals surface area contributed by atoms with Gasteiger partial charge in [-0.3, -0.25) is 4.79 Å². The van der Waals surface area contributed by atoms with Crippen molar-refractivity contribution in [1.29, 1.82) is 0 Å². The van der Waals surface area contributed by atoms with Crippen molar-refractivity contribution in [3.63, 3.8) is 0 Å². The van der Waals surface area contributed by atoms with E-state index in [9.17, 15) is 14.7 Å². The van der Waals surface area contributed by atoms with Crippen LogP contribution < -0.4 is 5.43 Å². The number of halogens is 2. The van der Waals surface area contributed by atoms with Crippen molar-refractivity contribution in [3.05, 3.63) is 55.9 Å². The third-order valence-corrected chi connectivity index (χ3v) is 3.67. The zero-order valence-electron chi connectivity index (χ0n) is 11.1. The second-order valence-corrected chi connectivity index (χ2v) is 5.21. The molecule has 0 radical (unpaired) electrons. The molecule has 0 saturated heterocycles. The predicted octanol–water partition coefficient (Wildman–Crippen LogP) is 3.19. The van der Waals surface area contributed by atoms with E-state index in [0.717, 1.165) is 6.20 Å². The van der Waals surface area contributed by atoms with Crippen LogP contribution in [0.4, 0.5) is 0 Å². The van der Waals surface area contributed by atoms with Crippen molar-refractivity contribution in [2.45, 2.75) is 19.8 Å². The molecule has 0 aliphatic rings. The molecule has 2 aromatic rings. The summed E-state index contributed by atoms with van der Waals surface area (Å²) in [5.74, 6) is -1.26. The second-order valence-electron chi connectivity index (χ2n) is 4.40. The number of aromatic carboxylic acids is 1. The van der Waals surface area contributed by atoms with E-state index in [2.05, 4.69) is 5.10 Å². The van der Waals surface area contributed by atoms with Crippen LogP contribution in [0.3, 0.4) is 0 Å². The zero-order valence-corrected chi connectivity index (χ0v) is 12.6. The van der Waals surface area contributed by atoms with Crippen molar-refractivity contribution in [3.8, 4) is 5.69 Å². The topological polar surface area (TPSA) is 72.2 Å². The number of carboxylic acids is 1. The van der Waals surface area contributed by atoms with Crippen LogP contribution in [0.5, 0.6) is 0 Å². The van der Waals surface area contributed by atoms with Crippen molar-refractivity contribution in [2.75, 3.05) is 0 Å². The minimum atomic E-state index is -1.26. The summed E-state index contributed by atoms with van der Waals surface area (Å²) in [5, 5.41) is 14.0. The molecule has 5 nitrogen and oxygen atoms in total. The van der Waals surface area contributed by atoms with Crippen molar-refractivity contribution < 1.29 is 9.90 Å². The standard InChI is InChI=1S/C14H12Cl2N2O3/c1-2-3-11-13(14(20)21)12(19)7-17-18(11)8-4-5-9(15)10(16)6-8/h4-7H,2-3H2,1H3,(H,20,21). The highest BCUT2D eigenvalue weighted by Crippen LogP contribution is 2.25. The molecule has 0 saturated carbocycles. The molecule has 0 unspecified atom stereocenters. The fourth-order valence-corrected chi connectivity index (χ4v) is 2.32. The number of carboxylic acid groups (broad SMARTS) is 1. The molecule has 2 rings (SSSR count). The fourth-order valence-electron chi connectivity index (χ4n) is 2.03. The van der Waals surface area contributed by atoms with Gasteiger partial charge in [-0.2, -0.15) is 5.10 Å². The van der Waals surface area contributed by atoms with E-state index in [1.807, 2.05) is 6.92 Å². The molecular formula is C14H12Cl2N2O3. The van der Waals surface area contributed by atoms with Crippen LogP contribution in [0.15, 0.2) is 29.2 Å². The van der Waals surface area contributed by atoms with Crippen molar-refractivity contribution in [2.24, 2.45) is 0 Å². The number of rotatable bonds is 4. The maximum absolute atomic E-state index is 11.8. The van der Waals surface area contributed by atoms with E-state index in [1.165, 1.54) is 4.68 Å². The molecule has 1 N–H and O–H groups in total. The molecule has 0 amide bonds. The lowest BCUT2D eigenvalue weighted by Gasteiger charge is -2.14. The molecule has 0 aliphatic carbocycles. The fraction of sp³-hybridized carbons (Fsp3) is 0.214. The number of aromatic nitrogens is 2. The number of hydrogen-bond donors (Lipinski definition) is 1. The lowest BCUT2D eigenvalue weighted by atomic mass is 10.1. The summed E-state index contributed by atoms with van der Waals surface area (Å²) < 4.78 is 1.41. The quantitative estimate of drug-likeness (QED) is 0.936. The molecule has 0 aliphatic heterocycles. The Morgan fingerprint density at radius 3 is 2.62 bits per heavy atom. The van der Waals surface area contributed by atoms with Crippen LogP contribution in [-0.2, 0) is 6.42 Å². The average Bonchev–Trinajstić information content (AvgIpc) is 2.42. The van der Waals surface area contributed by atoms with Crippen LogP contribution in [-0.4, -0.2) is 20.9 Å². The Morgan fingerprint density at radius 2 is 2.05 bits per heavy atom. The van der Waals surface area contributed by atoms with Gasteiger partial charge in [-0.25, -0.2) is 9.48 Å². The molecule has 0 atom stereocenters. The van der Waals surface area contributed by atoms with Crippen LogP contribution in [0.25, 0.3) is 5.69 Å². The third-order valence-electron chi connectivity index (χ3n) is 2.93. The normalized spacial score (nSPS) is 10.6. The Morgan fingerprint density at radius 1 is 1.33 bits per heavy atom. The molecule has 1 aromatic heterocycles. The molecule has 1 aromatic carbocycles. The highest BCUT2D eigenvalue weighted by molar-refractivity contribution is 6.42. The summed E-state index contributed by atoms with van der Waals surface area (Å²) in [5.41, 5.74) is 0.0198. The maximum atomic E-state index is 11.8. The predicted molar refractivity (Wildman–Crippen MR) is 80.8 cm³/mol. The Hall–Kier alpha value is -1.85. The molecule has 0 bridgehead atoms. The molecule has 7 heteroatoms. The third kappa shape index (κ3) is 3.09. The van der Waals surface area contributed by atoms with Crippen molar-refractivity contribution in [1.82, 2.24) is 9.78 Å². The molecule has 0 fully saturated rings. The van der Waals surface area contributed by atoms with Gasteiger partial charge in [0.15, 0.2) is 0 Å². The highest BCUT2D eigenvalue weighted by atomic mass is 35.5. The summed E-state index contributed by atoms with van der Waals surface area (Å²) in [7, 11) is 0. The first kappa shape index (κ1) is 15.5. The van der Waals surface area contributed by atoms with Gasteiger partial charge in [-0.05, 0) is 24.6 Å². The molecule has 0 spiro atoms. The molecule has 1 heterocycles. The van der Waals surface area contributed by atoms with Gasteiger partial charge in [-0.15, -0.1) is 0 Å².